The van der Waals surface area contributed by atoms with E-state index >= 15 is 0 Å². The Balaban J connectivity index is 1.31. The zero-order chi connectivity index (χ0) is 38.1. The van der Waals surface area contributed by atoms with Gasteiger partial charge in [0.15, 0.2) is 5.82 Å². The van der Waals surface area contributed by atoms with Crippen molar-refractivity contribution in [3.63, 3.8) is 0 Å². The first-order valence-corrected chi connectivity index (χ1v) is 17.6. The number of hydrogen-bond acceptors (Lipinski definition) is 11. The summed E-state index contributed by atoms with van der Waals surface area (Å²) in [7, 11) is 0. The average molecular weight is 771 g/mol. The second kappa shape index (κ2) is 15.4. The van der Waals surface area contributed by atoms with Gasteiger partial charge in [-0.2, -0.15) is 31.3 Å². The quantitative estimate of drug-likeness (QED) is 0.161. The summed E-state index contributed by atoms with van der Waals surface area (Å²) in [6, 6.07) is 0.760. The summed E-state index contributed by atoms with van der Waals surface area (Å²) in [5, 5.41) is 0.256. The number of piperidine rings is 1. The van der Waals surface area contributed by atoms with Crippen LogP contribution in [0, 0.1) is 5.92 Å². The Labute approximate surface area is 306 Å². The number of carbonyl (C=O) groups excluding carboxylic acids is 2. The van der Waals surface area contributed by atoms with E-state index in [-0.39, 0.29) is 60.2 Å². The second-order valence-electron chi connectivity index (χ2n) is 13.0. The summed E-state index contributed by atoms with van der Waals surface area (Å²) in [5.74, 6) is 0.399. The lowest BCUT2D eigenvalue weighted by Crippen LogP contribution is -2.39. The Morgan fingerprint density at radius 3 is 2.21 bits per heavy atom. The van der Waals surface area contributed by atoms with Crippen molar-refractivity contribution >= 4 is 47.1 Å². The minimum absolute atomic E-state index is 0.0351. The van der Waals surface area contributed by atoms with Crippen LogP contribution < -0.4 is 19.6 Å². The first-order valence-electron chi connectivity index (χ1n) is 17.2. The van der Waals surface area contributed by atoms with Crippen molar-refractivity contribution in [1.82, 2.24) is 19.9 Å². The third-order valence-corrected chi connectivity index (χ3v) is 9.91. The minimum atomic E-state index is -5.03. The highest BCUT2D eigenvalue weighted by atomic mass is 35.5. The highest BCUT2D eigenvalue weighted by Crippen LogP contribution is 2.39. The molecule has 286 valence electrons. The SMILES string of the molecule is CCOC(=O)C1CCN(c2ncc(Cl)c(N3C[C@@H](N(Cc4cc(C(F)(F)F)cc(C(F)(F)F)c4)c4ncc(N5CCOC5=O)cn4)C[C@H]3CC)n2)CC1. The molecule has 2 atom stereocenters. The van der Waals surface area contributed by atoms with Crippen LogP contribution in [0.5, 0.6) is 0 Å². The maximum absolute atomic E-state index is 13.8. The molecule has 0 bridgehead atoms. The third kappa shape index (κ3) is 8.47. The third-order valence-electron chi connectivity index (χ3n) is 9.64. The van der Waals surface area contributed by atoms with E-state index in [4.69, 9.17) is 26.1 Å². The molecular weight excluding hydrogens is 734 g/mol. The largest absolute Gasteiger partial charge is 0.466 e. The molecular formula is C34H37ClF6N8O4. The molecule has 1 amide bonds. The van der Waals surface area contributed by atoms with E-state index in [1.165, 1.54) is 23.5 Å². The number of benzene rings is 1. The van der Waals surface area contributed by atoms with E-state index in [2.05, 4.69) is 15.0 Å². The molecule has 3 aliphatic heterocycles. The standard InChI is InChI=1S/C34H37ClF6N8O4/c1-3-24-14-25(19-48(24)28-27(35)17-44-31(45-28)46-7-5-21(6-8-46)29(50)52-4-2)49(30-42-15-26(16-43-30)47-9-10-53-32(47)51)18-20-11-22(33(36,37)38)13-23(12-20)34(39,40)41/h11-13,15-17,21,24-25H,3-10,14,18-19H2,1-2H3/t24-,25+/m1/s1. The molecule has 19 heteroatoms. The van der Waals surface area contributed by atoms with Crippen molar-refractivity contribution in [2.75, 3.05) is 59.0 Å². The van der Waals surface area contributed by atoms with Crippen LogP contribution in [0.3, 0.4) is 0 Å². The van der Waals surface area contributed by atoms with Gasteiger partial charge in [0.25, 0.3) is 0 Å². The fourth-order valence-electron chi connectivity index (χ4n) is 6.94. The van der Waals surface area contributed by atoms with Crippen LogP contribution in [0.4, 0.5) is 54.5 Å². The molecule has 0 aliphatic carbocycles. The van der Waals surface area contributed by atoms with Crippen LogP contribution in [-0.4, -0.2) is 83.5 Å². The molecule has 12 nitrogen and oxygen atoms in total. The van der Waals surface area contributed by atoms with Crippen LogP contribution in [0.25, 0.3) is 0 Å². The van der Waals surface area contributed by atoms with E-state index in [1.54, 1.807) is 11.8 Å². The van der Waals surface area contributed by atoms with Crippen LogP contribution in [0.1, 0.15) is 56.2 Å². The summed E-state index contributed by atoms with van der Waals surface area (Å²) in [5.41, 5.74) is -2.79. The van der Waals surface area contributed by atoms with Gasteiger partial charge in [0.05, 0.1) is 60.5 Å². The first-order chi connectivity index (χ1) is 25.2. The smallest absolute Gasteiger partial charge is 0.416 e. The van der Waals surface area contributed by atoms with Crippen molar-refractivity contribution in [1.29, 1.82) is 0 Å². The van der Waals surface area contributed by atoms with Crippen LogP contribution in [0.2, 0.25) is 5.02 Å². The fraction of sp³-hybridized carbons (Fsp3) is 0.529. The Hall–Kier alpha value is -4.61. The highest BCUT2D eigenvalue weighted by molar-refractivity contribution is 6.32. The molecule has 53 heavy (non-hydrogen) atoms. The molecule has 0 spiro atoms. The zero-order valence-electron chi connectivity index (χ0n) is 28.8. The Kier molecular flexibility index (Phi) is 11.1. The van der Waals surface area contributed by atoms with Gasteiger partial charge in [-0.25, -0.2) is 19.7 Å². The van der Waals surface area contributed by atoms with E-state index in [1.807, 2.05) is 16.7 Å². The van der Waals surface area contributed by atoms with Crippen molar-refractivity contribution in [2.24, 2.45) is 5.92 Å². The number of halogens is 7. The highest BCUT2D eigenvalue weighted by Gasteiger charge is 2.40. The molecule has 5 heterocycles. The first kappa shape index (κ1) is 38.1. The molecule has 6 rings (SSSR count). The molecule has 0 unspecified atom stereocenters. The molecule has 3 saturated heterocycles. The normalized spacial score (nSPS) is 19.9. The van der Waals surface area contributed by atoms with Gasteiger partial charge in [0, 0.05) is 32.2 Å². The zero-order valence-corrected chi connectivity index (χ0v) is 29.6. The number of cyclic esters (lactones) is 1. The maximum Gasteiger partial charge on any atom is 0.416 e. The predicted octanol–water partition coefficient (Wildman–Crippen LogP) is 6.76. The monoisotopic (exact) mass is 770 g/mol. The number of alkyl halides is 6. The van der Waals surface area contributed by atoms with Gasteiger partial charge in [0.2, 0.25) is 11.9 Å². The summed E-state index contributed by atoms with van der Waals surface area (Å²) in [6.45, 7) is 5.28. The van der Waals surface area contributed by atoms with Crippen LogP contribution >= 0.6 is 11.6 Å². The van der Waals surface area contributed by atoms with E-state index in [0.29, 0.717) is 75.0 Å². The number of anilines is 4. The van der Waals surface area contributed by atoms with Gasteiger partial charge in [-0.1, -0.05) is 18.5 Å². The van der Waals surface area contributed by atoms with Gasteiger partial charge in [-0.15, -0.1) is 0 Å². The number of rotatable bonds is 10. The summed E-state index contributed by atoms with van der Waals surface area (Å²) in [6.07, 6.45) is -4.33. The number of hydrogen-bond donors (Lipinski definition) is 0. The number of carbonyl (C=O) groups is 2. The van der Waals surface area contributed by atoms with Crippen molar-refractivity contribution < 1.29 is 45.4 Å². The van der Waals surface area contributed by atoms with Crippen molar-refractivity contribution in [3.05, 3.63) is 58.5 Å². The lowest BCUT2D eigenvalue weighted by Gasteiger charge is -2.32. The number of ether oxygens (including phenoxy) is 2. The number of amides is 1. The molecule has 2 aromatic heterocycles. The second-order valence-corrected chi connectivity index (χ2v) is 13.4. The molecule has 1 aromatic carbocycles. The lowest BCUT2D eigenvalue weighted by atomic mass is 9.97. The van der Waals surface area contributed by atoms with Crippen LogP contribution in [0.15, 0.2) is 36.8 Å². The molecule has 0 radical (unpaired) electrons. The molecule has 0 N–H and O–H groups in total. The lowest BCUT2D eigenvalue weighted by molar-refractivity contribution is -0.148. The molecule has 3 aromatic rings. The summed E-state index contributed by atoms with van der Waals surface area (Å²) < 4.78 is 93.2. The van der Waals surface area contributed by atoms with Crippen molar-refractivity contribution in [2.45, 2.75) is 70.5 Å². The average Bonchev–Trinajstić information content (AvgIpc) is 3.76. The van der Waals surface area contributed by atoms with Gasteiger partial charge < -0.3 is 24.2 Å². The Morgan fingerprint density at radius 1 is 0.981 bits per heavy atom. The van der Waals surface area contributed by atoms with Crippen molar-refractivity contribution in [3.8, 4) is 0 Å². The van der Waals surface area contributed by atoms with E-state index in [9.17, 15) is 35.9 Å². The Morgan fingerprint density at radius 2 is 1.64 bits per heavy atom. The Bertz CT molecular complexity index is 1760. The molecule has 0 saturated carbocycles. The number of nitrogens with zero attached hydrogens (tertiary/aromatic N) is 8. The van der Waals surface area contributed by atoms with Crippen LogP contribution in [-0.2, 0) is 33.2 Å². The molecule has 3 fully saturated rings. The van der Waals surface area contributed by atoms with E-state index in [0.717, 1.165) is 0 Å². The topological polar surface area (TPSA) is 117 Å². The van der Waals surface area contributed by atoms with E-state index < -0.39 is 42.2 Å². The predicted molar refractivity (Wildman–Crippen MR) is 182 cm³/mol. The van der Waals surface area contributed by atoms with Gasteiger partial charge >= 0.3 is 24.4 Å². The fourth-order valence-corrected chi connectivity index (χ4v) is 7.14. The van der Waals surface area contributed by atoms with Gasteiger partial charge in [0.1, 0.15) is 11.6 Å². The van der Waals surface area contributed by atoms with Gasteiger partial charge in [-0.05, 0) is 56.4 Å². The van der Waals surface area contributed by atoms with Gasteiger partial charge in [-0.3, -0.25) is 9.69 Å². The summed E-state index contributed by atoms with van der Waals surface area (Å²) >= 11 is 6.68. The molecule has 3 aliphatic rings. The number of aromatic nitrogens is 4. The maximum atomic E-state index is 13.8. The number of esters is 1. The minimum Gasteiger partial charge on any atom is -0.466 e. The summed E-state index contributed by atoms with van der Waals surface area (Å²) in [4.78, 5) is 49.3.